The molecule has 1 saturated carbocycles. The van der Waals surface area contributed by atoms with Gasteiger partial charge in [-0.2, -0.15) is 4.72 Å². The molecule has 1 aliphatic carbocycles. The summed E-state index contributed by atoms with van der Waals surface area (Å²) in [4.78, 5) is 15.5. The highest BCUT2D eigenvalue weighted by atomic mass is 79.9. The minimum atomic E-state index is -3.75. The smallest absolute Gasteiger partial charge is 0.242 e. The van der Waals surface area contributed by atoms with E-state index in [4.69, 9.17) is 0 Å². The van der Waals surface area contributed by atoms with Gasteiger partial charge in [0.2, 0.25) is 15.9 Å². The molecule has 0 saturated heterocycles. The molecular formula is C11H14BrN3O3S. The fraction of sp³-hybridized carbons (Fsp3) is 0.455. The van der Waals surface area contributed by atoms with E-state index in [1.165, 1.54) is 25.4 Å². The number of hydrogen-bond acceptors (Lipinski definition) is 4. The van der Waals surface area contributed by atoms with Crippen LogP contribution >= 0.6 is 15.9 Å². The maximum atomic E-state index is 12.0. The van der Waals surface area contributed by atoms with Gasteiger partial charge in [-0.3, -0.25) is 9.78 Å². The van der Waals surface area contributed by atoms with Crippen LogP contribution in [0.15, 0.2) is 27.8 Å². The third-order valence-electron chi connectivity index (χ3n) is 2.64. The first-order valence-corrected chi connectivity index (χ1v) is 8.09. The number of carbonyl (C=O) groups excluding carboxylic acids is 1. The largest absolute Gasteiger partial charge is 0.352 e. The maximum Gasteiger partial charge on any atom is 0.242 e. The molecule has 8 heteroatoms. The molecule has 0 aromatic carbocycles. The highest BCUT2D eigenvalue weighted by molar-refractivity contribution is 9.10. The van der Waals surface area contributed by atoms with Crippen LogP contribution in [0.2, 0.25) is 0 Å². The van der Waals surface area contributed by atoms with E-state index in [9.17, 15) is 13.2 Å². The number of hydrogen-bond donors (Lipinski definition) is 2. The molecule has 0 bridgehead atoms. The van der Waals surface area contributed by atoms with Crippen molar-refractivity contribution in [2.24, 2.45) is 0 Å². The second-order valence-corrected chi connectivity index (χ2v) is 7.09. The molecule has 1 aromatic rings. The molecule has 0 spiro atoms. The summed E-state index contributed by atoms with van der Waals surface area (Å²) >= 11 is 3.16. The van der Waals surface area contributed by atoms with E-state index in [0.717, 1.165) is 12.8 Å². The van der Waals surface area contributed by atoms with Crippen molar-refractivity contribution in [3.05, 3.63) is 22.9 Å². The van der Waals surface area contributed by atoms with Gasteiger partial charge in [0.25, 0.3) is 0 Å². The van der Waals surface area contributed by atoms with Crippen LogP contribution in [0, 0.1) is 0 Å². The number of amides is 1. The summed E-state index contributed by atoms with van der Waals surface area (Å²) in [7, 11) is -3.75. The van der Waals surface area contributed by atoms with Crippen molar-refractivity contribution in [2.75, 3.05) is 0 Å². The predicted octanol–water partition coefficient (Wildman–Crippen LogP) is 0.789. The topological polar surface area (TPSA) is 88.2 Å². The zero-order valence-electron chi connectivity index (χ0n) is 10.3. The predicted molar refractivity (Wildman–Crippen MR) is 72.9 cm³/mol. The summed E-state index contributed by atoms with van der Waals surface area (Å²) in [6, 6.07) is 0.817. The summed E-state index contributed by atoms with van der Waals surface area (Å²) in [5.41, 5.74) is 0. The molecule has 0 aliphatic heterocycles. The first-order chi connectivity index (χ1) is 8.88. The third-order valence-corrected chi connectivity index (χ3v) is 4.58. The summed E-state index contributed by atoms with van der Waals surface area (Å²) in [5.74, 6) is -0.311. The summed E-state index contributed by atoms with van der Waals surface area (Å²) in [6.07, 6.45) is 4.64. The fourth-order valence-corrected chi connectivity index (χ4v) is 3.15. The summed E-state index contributed by atoms with van der Waals surface area (Å²) < 4.78 is 27.0. The number of halogens is 1. The van der Waals surface area contributed by atoms with Gasteiger partial charge < -0.3 is 5.32 Å². The summed E-state index contributed by atoms with van der Waals surface area (Å²) in [5, 5.41) is 2.75. The van der Waals surface area contributed by atoms with E-state index in [2.05, 4.69) is 31.0 Å². The van der Waals surface area contributed by atoms with Gasteiger partial charge in [-0.1, -0.05) is 0 Å². The van der Waals surface area contributed by atoms with E-state index in [0.29, 0.717) is 4.47 Å². The van der Waals surface area contributed by atoms with E-state index < -0.39 is 16.1 Å². The lowest BCUT2D eigenvalue weighted by Gasteiger charge is -2.14. The highest BCUT2D eigenvalue weighted by Crippen LogP contribution is 2.19. The van der Waals surface area contributed by atoms with Crippen LogP contribution in [0.25, 0.3) is 0 Å². The molecule has 1 amide bonds. The minimum Gasteiger partial charge on any atom is -0.352 e. The van der Waals surface area contributed by atoms with Crippen molar-refractivity contribution in [1.29, 1.82) is 0 Å². The Bertz CT molecular complexity index is 587. The second kappa shape index (κ2) is 5.56. The van der Waals surface area contributed by atoms with Crippen molar-refractivity contribution >= 4 is 31.9 Å². The van der Waals surface area contributed by atoms with Crippen LogP contribution in [0.3, 0.4) is 0 Å². The molecular weight excluding hydrogens is 334 g/mol. The second-order valence-electron chi connectivity index (χ2n) is 4.46. The Morgan fingerprint density at radius 3 is 2.74 bits per heavy atom. The molecule has 0 radical (unpaired) electrons. The molecule has 104 valence electrons. The van der Waals surface area contributed by atoms with Gasteiger partial charge in [-0.05, 0) is 41.8 Å². The molecule has 19 heavy (non-hydrogen) atoms. The van der Waals surface area contributed by atoms with Crippen molar-refractivity contribution < 1.29 is 13.2 Å². The van der Waals surface area contributed by atoms with Crippen molar-refractivity contribution in [2.45, 2.75) is 36.7 Å². The number of rotatable bonds is 5. The van der Waals surface area contributed by atoms with Crippen molar-refractivity contribution in [1.82, 2.24) is 15.0 Å². The molecule has 1 heterocycles. The monoisotopic (exact) mass is 347 g/mol. The molecule has 6 nitrogen and oxygen atoms in total. The van der Waals surface area contributed by atoms with Crippen LogP contribution in [-0.4, -0.2) is 31.4 Å². The molecule has 1 aliphatic rings. The quantitative estimate of drug-likeness (QED) is 0.824. The van der Waals surface area contributed by atoms with Crippen molar-refractivity contribution in [3.63, 3.8) is 0 Å². The number of sulfonamides is 1. The fourth-order valence-electron chi connectivity index (χ4n) is 1.45. The Balaban J connectivity index is 2.05. The normalized spacial score (nSPS) is 16.9. The Morgan fingerprint density at radius 1 is 1.47 bits per heavy atom. The molecule has 1 unspecified atom stereocenters. The SMILES string of the molecule is CC(NS(=O)(=O)c1cncc(Br)c1)C(=O)NC1CC1. The van der Waals surface area contributed by atoms with E-state index >= 15 is 0 Å². The highest BCUT2D eigenvalue weighted by Gasteiger charge is 2.28. The van der Waals surface area contributed by atoms with Gasteiger partial charge in [-0.15, -0.1) is 0 Å². The Hall–Kier alpha value is -0.990. The molecule has 2 rings (SSSR count). The molecule has 1 fully saturated rings. The zero-order chi connectivity index (χ0) is 14.0. The molecule has 1 aromatic heterocycles. The lowest BCUT2D eigenvalue weighted by Crippen LogP contribution is -2.45. The number of pyridine rings is 1. The Kier molecular flexibility index (Phi) is 4.22. The Morgan fingerprint density at radius 2 is 2.16 bits per heavy atom. The van der Waals surface area contributed by atoms with Gasteiger partial charge in [0, 0.05) is 22.9 Å². The number of aromatic nitrogens is 1. The van der Waals surface area contributed by atoms with Crippen LogP contribution in [-0.2, 0) is 14.8 Å². The lowest BCUT2D eigenvalue weighted by molar-refractivity contribution is -0.122. The van der Waals surface area contributed by atoms with E-state index in [-0.39, 0.29) is 16.8 Å². The first-order valence-electron chi connectivity index (χ1n) is 5.82. The number of nitrogens with zero attached hydrogens (tertiary/aromatic N) is 1. The molecule has 2 N–H and O–H groups in total. The van der Waals surface area contributed by atoms with Crippen LogP contribution in [0.4, 0.5) is 0 Å². The van der Waals surface area contributed by atoms with Gasteiger partial charge in [0.1, 0.15) is 4.90 Å². The number of nitrogens with one attached hydrogen (secondary N) is 2. The van der Waals surface area contributed by atoms with E-state index in [1.54, 1.807) is 0 Å². The van der Waals surface area contributed by atoms with Crippen LogP contribution < -0.4 is 10.0 Å². The summed E-state index contributed by atoms with van der Waals surface area (Å²) in [6.45, 7) is 1.51. The van der Waals surface area contributed by atoms with Gasteiger partial charge >= 0.3 is 0 Å². The van der Waals surface area contributed by atoms with Gasteiger partial charge in [0.15, 0.2) is 0 Å². The average molecular weight is 348 g/mol. The van der Waals surface area contributed by atoms with Gasteiger partial charge in [-0.25, -0.2) is 8.42 Å². The first kappa shape index (κ1) is 14.4. The van der Waals surface area contributed by atoms with Crippen molar-refractivity contribution in [3.8, 4) is 0 Å². The van der Waals surface area contributed by atoms with E-state index in [1.807, 2.05) is 0 Å². The minimum absolute atomic E-state index is 0.0212. The standard InChI is InChI=1S/C11H14BrN3O3S/c1-7(11(16)14-9-2-3-9)15-19(17,18)10-4-8(12)5-13-6-10/h4-7,9,15H,2-3H2,1H3,(H,14,16). The molecule has 1 atom stereocenters. The van der Waals surface area contributed by atoms with Crippen LogP contribution in [0.5, 0.6) is 0 Å². The Labute approximate surface area is 120 Å². The maximum absolute atomic E-state index is 12.0. The lowest BCUT2D eigenvalue weighted by atomic mass is 10.3. The third kappa shape index (κ3) is 3.99. The zero-order valence-corrected chi connectivity index (χ0v) is 12.7. The van der Waals surface area contributed by atoms with Gasteiger partial charge in [0.05, 0.1) is 6.04 Å². The average Bonchev–Trinajstić information content (AvgIpc) is 3.12. The number of carbonyl (C=O) groups is 1. The van der Waals surface area contributed by atoms with Crippen LogP contribution in [0.1, 0.15) is 19.8 Å².